The molecule has 0 spiro atoms. The van der Waals surface area contributed by atoms with E-state index in [0.29, 0.717) is 22.9 Å². The van der Waals surface area contributed by atoms with E-state index in [2.05, 4.69) is 41.0 Å². The molecular weight excluding hydrogens is 430 g/mol. The number of aromatic nitrogens is 7. The van der Waals surface area contributed by atoms with Crippen LogP contribution in [0.25, 0.3) is 33.2 Å². The van der Waals surface area contributed by atoms with Gasteiger partial charge in [-0.1, -0.05) is 0 Å². The summed E-state index contributed by atoms with van der Waals surface area (Å²) in [6.45, 7) is 0. The van der Waals surface area contributed by atoms with Crippen LogP contribution in [0.3, 0.4) is 0 Å². The van der Waals surface area contributed by atoms with E-state index in [0.717, 1.165) is 33.1 Å². The molecule has 0 fully saturated rings. The Bertz CT molecular complexity index is 1590. The molecule has 2 aromatic carbocycles. The zero-order chi connectivity index (χ0) is 22.9. The molecule has 0 saturated carbocycles. The second-order valence-electron chi connectivity index (χ2n) is 7.74. The van der Waals surface area contributed by atoms with Crippen LogP contribution < -0.4 is 10.6 Å². The van der Waals surface area contributed by atoms with Crippen molar-refractivity contribution in [2.75, 3.05) is 10.6 Å². The average Bonchev–Trinajstić information content (AvgIpc) is 3.51. The molecule has 0 aliphatic heterocycles. The van der Waals surface area contributed by atoms with Crippen LogP contribution in [0.5, 0.6) is 0 Å². The Kier molecular flexibility index (Phi) is 4.82. The number of benzene rings is 2. The van der Waals surface area contributed by atoms with Gasteiger partial charge in [-0.15, -0.1) is 0 Å². The van der Waals surface area contributed by atoms with Gasteiger partial charge < -0.3 is 20.7 Å². The molecule has 0 bridgehead atoms. The molecule has 10 heteroatoms. The smallest absolute Gasteiger partial charge is 0.161 e. The van der Waals surface area contributed by atoms with Gasteiger partial charge in [-0.2, -0.15) is 15.3 Å². The minimum absolute atomic E-state index is 0.573. The Morgan fingerprint density at radius 3 is 2.74 bits per heavy atom. The highest BCUT2D eigenvalue weighted by Gasteiger charge is 2.15. The summed E-state index contributed by atoms with van der Waals surface area (Å²) in [6, 6.07) is 15.4. The van der Waals surface area contributed by atoms with Crippen LogP contribution in [0.4, 0.5) is 17.2 Å². The molecule has 0 amide bonds. The fourth-order valence-electron chi connectivity index (χ4n) is 3.85. The van der Waals surface area contributed by atoms with Crippen molar-refractivity contribution in [1.82, 2.24) is 35.3 Å². The molecule has 6 rings (SSSR count). The number of hydrogen-bond acceptors (Lipinski definition) is 8. The fraction of sp³-hybridized carbons (Fsp3) is 0.0417. The number of anilines is 3. The topological polar surface area (TPSA) is 140 Å². The van der Waals surface area contributed by atoms with Crippen LogP contribution in [0.15, 0.2) is 79.5 Å². The standard InChI is InChI=1S/C24H19N9O/c34-24(31-17-5-8-27-28-12-17)19-13-26-21-3-1-14(10-18(19)21)23-25-7-6-22(32-23)30-16-2-4-20-15(9-16)11-29-33-20/h1-13,24,26,34H,(H,27,31)(H,29,33)(H,25,30,32). The second-order valence-corrected chi connectivity index (χ2v) is 7.74. The van der Waals surface area contributed by atoms with Crippen molar-refractivity contribution in [3.63, 3.8) is 0 Å². The second kappa shape index (κ2) is 8.26. The Morgan fingerprint density at radius 1 is 0.882 bits per heavy atom. The lowest BCUT2D eigenvalue weighted by molar-refractivity contribution is 0.210. The Balaban J connectivity index is 1.29. The third-order valence-electron chi connectivity index (χ3n) is 5.52. The van der Waals surface area contributed by atoms with Crippen molar-refractivity contribution < 1.29 is 5.11 Å². The van der Waals surface area contributed by atoms with E-state index in [1.165, 1.54) is 0 Å². The SMILES string of the molecule is OC(Nc1ccnnc1)c1c[nH]c2ccc(-c3nccc(Nc4ccc5[nH]ncc5c4)n3)cc12. The Hall–Kier alpha value is -4.83. The number of rotatable bonds is 6. The summed E-state index contributed by atoms with van der Waals surface area (Å²) in [5, 5.41) is 33.6. The number of nitrogens with zero attached hydrogens (tertiary/aromatic N) is 5. The van der Waals surface area contributed by atoms with Crippen LogP contribution in [0.2, 0.25) is 0 Å². The molecule has 10 nitrogen and oxygen atoms in total. The van der Waals surface area contributed by atoms with E-state index in [9.17, 15) is 5.11 Å². The van der Waals surface area contributed by atoms with Crippen LogP contribution in [0.1, 0.15) is 11.8 Å². The molecule has 6 aromatic rings. The first-order chi connectivity index (χ1) is 16.7. The quantitative estimate of drug-likeness (QED) is 0.239. The number of nitrogens with one attached hydrogen (secondary N) is 4. The summed E-state index contributed by atoms with van der Waals surface area (Å²) in [6.07, 6.45) is 7.47. The van der Waals surface area contributed by atoms with Crippen molar-refractivity contribution in [2.24, 2.45) is 0 Å². The number of hydrogen-bond donors (Lipinski definition) is 5. The summed E-state index contributed by atoms with van der Waals surface area (Å²) in [7, 11) is 0. The maximum atomic E-state index is 10.8. The van der Waals surface area contributed by atoms with E-state index in [-0.39, 0.29) is 0 Å². The predicted molar refractivity (Wildman–Crippen MR) is 129 cm³/mol. The largest absolute Gasteiger partial charge is 0.369 e. The van der Waals surface area contributed by atoms with Crippen molar-refractivity contribution in [3.05, 3.63) is 85.1 Å². The molecule has 0 saturated heterocycles. The Morgan fingerprint density at radius 2 is 1.82 bits per heavy atom. The van der Waals surface area contributed by atoms with Crippen molar-refractivity contribution in [2.45, 2.75) is 6.23 Å². The summed E-state index contributed by atoms with van der Waals surface area (Å²) >= 11 is 0. The van der Waals surface area contributed by atoms with Crippen LogP contribution in [-0.4, -0.2) is 40.5 Å². The minimum Gasteiger partial charge on any atom is -0.369 e. The first-order valence-electron chi connectivity index (χ1n) is 10.6. The summed E-state index contributed by atoms with van der Waals surface area (Å²) in [5.74, 6) is 1.25. The van der Waals surface area contributed by atoms with Gasteiger partial charge in [0.15, 0.2) is 12.1 Å². The third kappa shape index (κ3) is 3.78. The van der Waals surface area contributed by atoms with Gasteiger partial charge in [0.05, 0.1) is 29.8 Å². The molecule has 4 aromatic heterocycles. The summed E-state index contributed by atoms with van der Waals surface area (Å²) in [5.41, 5.74) is 4.98. The number of aromatic amines is 2. The summed E-state index contributed by atoms with van der Waals surface area (Å²) in [4.78, 5) is 12.3. The Labute approximate surface area is 193 Å². The van der Waals surface area contributed by atoms with Gasteiger partial charge in [0, 0.05) is 45.5 Å². The highest BCUT2D eigenvalue weighted by Crippen LogP contribution is 2.29. The first-order valence-corrected chi connectivity index (χ1v) is 10.6. The molecular formula is C24H19N9O. The first kappa shape index (κ1) is 19.8. The lowest BCUT2D eigenvalue weighted by atomic mass is 10.1. The van der Waals surface area contributed by atoms with Crippen LogP contribution in [0, 0.1) is 0 Å². The number of fused-ring (bicyclic) bond motifs is 2. The third-order valence-corrected chi connectivity index (χ3v) is 5.52. The maximum Gasteiger partial charge on any atom is 0.161 e. The van der Waals surface area contributed by atoms with Gasteiger partial charge in [-0.3, -0.25) is 5.10 Å². The lowest BCUT2D eigenvalue weighted by Gasteiger charge is -2.13. The minimum atomic E-state index is -0.931. The molecule has 0 radical (unpaired) electrons. The molecule has 0 aliphatic rings. The fourth-order valence-corrected chi connectivity index (χ4v) is 3.85. The van der Waals surface area contributed by atoms with E-state index >= 15 is 0 Å². The molecule has 5 N–H and O–H groups in total. The lowest BCUT2D eigenvalue weighted by Crippen LogP contribution is -2.09. The average molecular weight is 449 g/mol. The van der Waals surface area contributed by atoms with Gasteiger partial charge in [0.2, 0.25) is 0 Å². The number of aliphatic hydroxyl groups is 1. The van der Waals surface area contributed by atoms with Crippen molar-refractivity contribution in [3.8, 4) is 11.4 Å². The maximum absolute atomic E-state index is 10.8. The van der Waals surface area contributed by atoms with Crippen LogP contribution >= 0.6 is 0 Å². The highest BCUT2D eigenvalue weighted by atomic mass is 16.3. The highest BCUT2D eigenvalue weighted by molar-refractivity contribution is 5.88. The zero-order valence-corrected chi connectivity index (χ0v) is 17.8. The predicted octanol–water partition coefficient (Wildman–Crippen LogP) is 4.14. The van der Waals surface area contributed by atoms with E-state index in [1.54, 1.807) is 37.1 Å². The number of H-pyrrole nitrogens is 2. The monoisotopic (exact) mass is 449 g/mol. The zero-order valence-electron chi connectivity index (χ0n) is 17.8. The molecule has 1 atom stereocenters. The van der Waals surface area contributed by atoms with Gasteiger partial charge in [0.1, 0.15) is 5.82 Å². The molecule has 0 aliphatic carbocycles. The van der Waals surface area contributed by atoms with E-state index < -0.39 is 6.23 Å². The number of aliphatic hydroxyl groups excluding tert-OH is 1. The van der Waals surface area contributed by atoms with Crippen molar-refractivity contribution in [1.29, 1.82) is 0 Å². The van der Waals surface area contributed by atoms with E-state index in [1.807, 2.05) is 42.5 Å². The van der Waals surface area contributed by atoms with Crippen LogP contribution in [-0.2, 0) is 0 Å². The van der Waals surface area contributed by atoms with Gasteiger partial charge in [-0.05, 0) is 48.5 Å². The molecule has 34 heavy (non-hydrogen) atoms. The normalized spacial score (nSPS) is 12.1. The van der Waals surface area contributed by atoms with E-state index in [4.69, 9.17) is 4.98 Å². The molecule has 4 heterocycles. The van der Waals surface area contributed by atoms with Gasteiger partial charge >= 0.3 is 0 Å². The molecule has 166 valence electrons. The molecule has 1 unspecified atom stereocenters. The summed E-state index contributed by atoms with van der Waals surface area (Å²) < 4.78 is 0. The van der Waals surface area contributed by atoms with Crippen molar-refractivity contribution >= 4 is 39.0 Å². The van der Waals surface area contributed by atoms with Gasteiger partial charge in [0.25, 0.3) is 0 Å². The van der Waals surface area contributed by atoms with Gasteiger partial charge in [-0.25, -0.2) is 9.97 Å².